The van der Waals surface area contributed by atoms with Crippen molar-refractivity contribution in [1.82, 2.24) is 4.98 Å². The molecule has 0 fully saturated rings. The van der Waals surface area contributed by atoms with E-state index in [1.54, 1.807) is 0 Å². The second-order valence-electron chi connectivity index (χ2n) is 4.75. The number of allylic oxidation sites excluding steroid dienone is 1. The van der Waals surface area contributed by atoms with Gasteiger partial charge >= 0.3 is 0 Å². The van der Waals surface area contributed by atoms with E-state index in [1.165, 1.54) is 0 Å². The smallest absolute Gasteiger partial charge is 0.0998 e. The first-order chi connectivity index (χ1) is 9.79. The van der Waals surface area contributed by atoms with Crippen LogP contribution >= 0.6 is 0 Å². The van der Waals surface area contributed by atoms with Gasteiger partial charge in [-0.1, -0.05) is 48.5 Å². The highest BCUT2D eigenvalue weighted by molar-refractivity contribution is 5.98. The number of rotatable bonds is 2. The van der Waals surface area contributed by atoms with Crippen LogP contribution in [0, 0.1) is 18.3 Å². The minimum atomic E-state index is 0.679. The number of aromatic amines is 1. The maximum absolute atomic E-state index is 9.41. The maximum atomic E-state index is 9.41. The summed E-state index contributed by atoms with van der Waals surface area (Å²) in [6.45, 7) is 2.03. The summed E-state index contributed by atoms with van der Waals surface area (Å²) in [4.78, 5) is 3.35. The normalized spacial score (nSPS) is 11.5. The Morgan fingerprint density at radius 2 is 1.75 bits per heavy atom. The van der Waals surface area contributed by atoms with Crippen molar-refractivity contribution in [3.8, 4) is 6.07 Å². The van der Waals surface area contributed by atoms with Crippen LogP contribution in [-0.4, -0.2) is 4.98 Å². The quantitative estimate of drug-likeness (QED) is 0.673. The third kappa shape index (κ3) is 2.10. The molecule has 1 aromatic heterocycles. The van der Waals surface area contributed by atoms with E-state index in [-0.39, 0.29) is 0 Å². The van der Waals surface area contributed by atoms with Crippen LogP contribution in [0.2, 0.25) is 0 Å². The highest BCUT2D eigenvalue weighted by atomic mass is 14.7. The lowest BCUT2D eigenvalue weighted by Crippen LogP contribution is -1.82. The van der Waals surface area contributed by atoms with E-state index in [0.29, 0.717) is 5.57 Å². The highest BCUT2D eigenvalue weighted by Gasteiger charge is 2.07. The fourth-order valence-electron chi connectivity index (χ4n) is 2.43. The Hall–Kier alpha value is -2.79. The molecule has 0 aliphatic carbocycles. The predicted octanol–water partition coefficient (Wildman–Crippen LogP) is 4.54. The van der Waals surface area contributed by atoms with Gasteiger partial charge in [-0.15, -0.1) is 0 Å². The summed E-state index contributed by atoms with van der Waals surface area (Å²) in [5, 5.41) is 10.6. The van der Waals surface area contributed by atoms with Gasteiger partial charge in [0.1, 0.15) is 0 Å². The third-order valence-electron chi connectivity index (χ3n) is 3.44. The average Bonchev–Trinajstić information content (AvgIpc) is 2.81. The fraction of sp³-hybridized carbons (Fsp3) is 0.0556. The van der Waals surface area contributed by atoms with Gasteiger partial charge in [0.25, 0.3) is 0 Å². The molecule has 20 heavy (non-hydrogen) atoms. The van der Waals surface area contributed by atoms with Gasteiger partial charge in [0.2, 0.25) is 0 Å². The van der Waals surface area contributed by atoms with Crippen LogP contribution < -0.4 is 0 Å². The van der Waals surface area contributed by atoms with Crippen molar-refractivity contribution in [3.63, 3.8) is 0 Å². The second-order valence-corrected chi connectivity index (χ2v) is 4.75. The molecular weight excluding hydrogens is 244 g/mol. The van der Waals surface area contributed by atoms with E-state index in [0.717, 1.165) is 27.7 Å². The number of nitrogens with zero attached hydrogens (tertiary/aromatic N) is 1. The van der Waals surface area contributed by atoms with Crippen molar-refractivity contribution in [2.75, 3.05) is 0 Å². The molecule has 0 aliphatic heterocycles. The first-order valence-corrected chi connectivity index (χ1v) is 6.54. The summed E-state index contributed by atoms with van der Waals surface area (Å²) in [5.74, 6) is 0. The van der Waals surface area contributed by atoms with E-state index in [9.17, 15) is 5.26 Å². The molecule has 1 N–H and O–H groups in total. The van der Waals surface area contributed by atoms with E-state index >= 15 is 0 Å². The first kappa shape index (κ1) is 12.3. The molecule has 1 heterocycles. The average molecular weight is 258 g/mol. The molecule has 96 valence electrons. The van der Waals surface area contributed by atoms with Crippen LogP contribution in [0.3, 0.4) is 0 Å². The molecule has 0 atom stereocenters. The summed E-state index contributed by atoms with van der Waals surface area (Å²) in [7, 11) is 0. The van der Waals surface area contributed by atoms with Gasteiger partial charge in [0.15, 0.2) is 0 Å². The lowest BCUT2D eigenvalue weighted by Gasteiger charge is -1.99. The van der Waals surface area contributed by atoms with Gasteiger partial charge in [-0.3, -0.25) is 0 Å². The van der Waals surface area contributed by atoms with Gasteiger partial charge in [-0.25, -0.2) is 0 Å². The number of para-hydroxylation sites is 1. The molecule has 0 amide bonds. The minimum absolute atomic E-state index is 0.679. The van der Waals surface area contributed by atoms with Crippen molar-refractivity contribution >= 4 is 22.6 Å². The third-order valence-corrected chi connectivity index (χ3v) is 3.44. The zero-order valence-corrected chi connectivity index (χ0v) is 11.2. The molecule has 0 unspecified atom stereocenters. The van der Waals surface area contributed by atoms with Crippen LogP contribution in [0.5, 0.6) is 0 Å². The lowest BCUT2D eigenvalue weighted by atomic mass is 10.0. The Morgan fingerprint density at radius 1 is 1.05 bits per heavy atom. The lowest BCUT2D eigenvalue weighted by molar-refractivity contribution is 1.29. The molecule has 3 aromatic rings. The molecule has 0 radical (unpaired) electrons. The molecule has 2 heteroatoms. The Bertz CT molecular complexity index is 817. The largest absolute Gasteiger partial charge is 0.358 e. The summed E-state index contributed by atoms with van der Waals surface area (Å²) in [6, 6.07) is 20.2. The number of hydrogen-bond donors (Lipinski definition) is 1. The second kappa shape index (κ2) is 5.07. The molecule has 0 bridgehead atoms. The van der Waals surface area contributed by atoms with E-state index in [4.69, 9.17) is 0 Å². The maximum Gasteiger partial charge on any atom is 0.0998 e. The standard InChI is InChI=1S/C18H14N2/c1-13-17(16-9-5-6-10-18(16)20-13)11-15(12-19)14-7-3-2-4-8-14/h2-11,20H,1H3/b15-11+. The number of nitrogens with one attached hydrogen (secondary N) is 1. The number of aryl methyl sites for hydroxylation is 1. The van der Waals surface area contributed by atoms with Crippen molar-refractivity contribution in [3.05, 3.63) is 71.4 Å². The van der Waals surface area contributed by atoms with E-state index in [2.05, 4.69) is 17.1 Å². The van der Waals surface area contributed by atoms with Gasteiger partial charge in [0.05, 0.1) is 11.6 Å². The number of aromatic nitrogens is 1. The van der Waals surface area contributed by atoms with Crippen molar-refractivity contribution < 1.29 is 0 Å². The summed E-state index contributed by atoms with van der Waals surface area (Å²) in [5.41, 5.74) is 4.88. The highest BCUT2D eigenvalue weighted by Crippen LogP contribution is 2.26. The SMILES string of the molecule is Cc1[nH]c2ccccc2c1/C=C(\C#N)c1ccccc1. The Kier molecular flexibility index (Phi) is 3.10. The Morgan fingerprint density at radius 3 is 2.50 bits per heavy atom. The van der Waals surface area contributed by atoms with Gasteiger partial charge in [-0.2, -0.15) is 5.26 Å². The van der Waals surface area contributed by atoms with Crippen LogP contribution in [0.15, 0.2) is 54.6 Å². The van der Waals surface area contributed by atoms with Crippen LogP contribution in [0.4, 0.5) is 0 Å². The number of nitriles is 1. The van der Waals surface area contributed by atoms with Crippen molar-refractivity contribution in [2.45, 2.75) is 6.92 Å². The molecule has 0 aliphatic rings. The number of H-pyrrole nitrogens is 1. The van der Waals surface area contributed by atoms with Crippen LogP contribution in [-0.2, 0) is 0 Å². The van der Waals surface area contributed by atoms with Crippen LogP contribution in [0.1, 0.15) is 16.8 Å². The first-order valence-electron chi connectivity index (χ1n) is 6.54. The molecule has 2 aromatic carbocycles. The van der Waals surface area contributed by atoms with Crippen LogP contribution in [0.25, 0.3) is 22.6 Å². The van der Waals surface area contributed by atoms with Gasteiger partial charge in [0, 0.05) is 22.2 Å². The molecule has 0 spiro atoms. The molecule has 0 saturated heterocycles. The zero-order chi connectivity index (χ0) is 13.9. The predicted molar refractivity (Wildman–Crippen MR) is 83.0 cm³/mol. The molecule has 0 saturated carbocycles. The Balaban J connectivity index is 2.18. The molecule has 2 nitrogen and oxygen atoms in total. The number of fused-ring (bicyclic) bond motifs is 1. The molecular formula is C18H14N2. The van der Waals surface area contributed by atoms with Crippen molar-refractivity contribution in [2.24, 2.45) is 0 Å². The van der Waals surface area contributed by atoms with Gasteiger partial charge in [-0.05, 0) is 24.6 Å². The summed E-state index contributed by atoms with van der Waals surface area (Å²) >= 11 is 0. The topological polar surface area (TPSA) is 39.6 Å². The Labute approximate surface area is 118 Å². The minimum Gasteiger partial charge on any atom is -0.358 e. The fourth-order valence-corrected chi connectivity index (χ4v) is 2.43. The van der Waals surface area contributed by atoms with Crippen molar-refractivity contribution in [1.29, 1.82) is 5.26 Å². The van der Waals surface area contributed by atoms with E-state index in [1.807, 2.05) is 61.5 Å². The van der Waals surface area contributed by atoms with E-state index < -0.39 is 0 Å². The zero-order valence-electron chi connectivity index (χ0n) is 11.2. The molecule has 3 rings (SSSR count). The summed E-state index contributed by atoms with van der Waals surface area (Å²) in [6.07, 6.45) is 1.96. The monoisotopic (exact) mass is 258 g/mol. The number of benzene rings is 2. The summed E-state index contributed by atoms with van der Waals surface area (Å²) < 4.78 is 0. The number of hydrogen-bond acceptors (Lipinski definition) is 1. The van der Waals surface area contributed by atoms with Gasteiger partial charge < -0.3 is 4.98 Å².